The molecule has 18 heavy (non-hydrogen) atoms. The molecule has 104 valence electrons. The van der Waals surface area contributed by atoms with Crippen molar-refractivity contribution < 1.29 is 8.42 Å². The zero-order valence-corrected chi connectivity index (χ0v) is 12.5. The van der Waals surface area contributed by atoms with Gasteiger partial charge in [0.1, 0.15) is 9.84 Å². The number of rotatable bonds is 7. The molecule has 0 unspecified atom stereocenters. The number of aryl methyl sites for hydroxylation is 1. The molecular weight excluding hydrogens is 250 g/mol. The van der Waals surface area contributed by atoms with E-state index in [1.54, 1.807) is 0 Å². The first-order valence-electron chi connectivity index (χ1n) is 6.26. The maximum absolute atomic E-state index is 10.9. The summed E-state index contributed by atoms with van der Waals surface area (Å²) < 4.78 is 23.9. The minimum absolute atomic E-state index is 0.185. The lowest BCUT2D eigenvalue weighted by Gasteiger charge is -2.06. The first-order valence-corrected chi connectivity index (χ1v) is 8.32. The Hall–Kier alpha value is -0.880. The standard InChI is InChI=1S/C12H23N3O2S/c1-5-12-10(2)14-15(11(12)3)8-6-13-7-9-18(4,16)17/h13H,5-9H2,1-4H3. The summed E-state index contributed by atoms with van der Waals surface area (Å²) in [6.45, 7) is 8.25. The molecule has 1 aromatic heterocycles. The molecule has 0 atom stereocenters. The lowest BCUT2D eigenvalue weighted by molar-refractivity contribution is 0.548. The van der Waals surface area contributed by atoms with Gasteiger partial charge in [-0.25, -0.2) is 8.42 Å². The summed E-state index contributed by atoms with van der Waals surface area (Å²) >= 11 is 0. The molecule has 0 aromatic carbocycles. The molecule has 0 aliphatic rings. The van der Waals surface area contributed by atoms with Crippen LogP contribution in [0.5, 0.6) is 0 Å². The zero-order chi connectivity index (χ0) is 13.8. The number of hydrogen-bond donors (Lipinski definition) is 1. The van der Waals surface area contributed by atoms with Gasteiger partial charge in [-0.15, -0.1) is 0 Å². The van der Waals surface area contributed by atoms with E-state index in [1.807, 2.05) is 11.6 Å². The van der Waals surface area contributed by atoms with E-state index in [9.17, 15) is 8.42 Å². The van der Waals surface area contributed by atoms with Gasteiger partial charge in [-0.3, -0.25) is 4.68 Å². The topological polar surface area (TPSA) is 64.0 Å². The monoisotopic (exact) mass is 273 g/mol. The van der Waals surface area contributed by atoms with Crippen molar-refractivity contribution in [1.82, 2.24) is 15.1 Å². The van der Waals surface area contributed by atoms with Crippen molar-refractivity contribution in [2.24, 2.45) is 0 Å². The zero-order valence-electron chi connectivity index (χ0n) is 11.7. The van der Waals surface area contributed by atoms with Crippen LogP contribution in [-0.2, 0) is 22.8 Å². The number of sulfone groups is 1. The predicted octanol–water partition coefficient (Wildman–Crippen LogP) is 0.697. The van der Waals surface area contributed by atoms with E-state index in [1.165, 1.54) is 17.5 Å². The van der Waals surface area contributed by atoms with E-state index in [-0.39, 0.29) is 5.75 Å². The highest BCUT2D eigenvalue weighted by molar-refractivity contribution is 7.90. The molecule has 0 saturated carbocycles. The van der Waals surface area contributed by atoms with Crippen molar-refractivity contribution in [3.05, 3.63) is 17.0 Å². The fourth-order valence-corrected chi connectivity index (χ4v) is 2.55. The third-order valence-corrected chi connectivity index (χ3v) is 3.98. The Morgan fingerprint density at radius 3 is 2.44 bits per heavy atom. The van der Waals surface area contributed by atoms with Crippen LogP contribution in [-0.4, -0.2) is 43.3 Å². The molecular formula is C12H23N3O2S. The smallest absolute Gasteiger partial charge is 0.148 e. The second-order valence-electron chi connectivity index (χ2n) is 4.61. The third kappa shape index (κ3) is 4.42. The highest BCUT2D eigenvalue weighted by Crippen LogP contribution is 2.12. The Morgan fingerprint density at radius 1 is 1.28 bits per heavy atom. The van der Waals surface area contributed by atoms with Gasteiger partial charge in [0.05, 0.1) is 18.0 Å². The minimum atomic E-state index is -2.87. The predicted molar refractivity (Wildman–Crippen MR) is 73.7 cm³/mol. The summed E-state index contributed by atoms with van der Waals surface area (Å²) in [5, 5.41) is 7.61. The summed E-state index contributed by atoms with van der Waals surface area (Å²) in [6.07, 6.45) is 2.25. The van der Waals surface area contributed by atoms with Crippen molar-refractivity contribution in [2.45, 2.75) is 33.7 Å². The molecule has 0 aliphatic carbocycles. The van der Waals surface area contributed by atoms with Crippen LogP contribution in [0, 0.1) is 13.8 Å². The Balaban J connectivity index is 2.41. The third-order valence-electron chi connectivity index (χ3n) is 3.03. The minimum Gasteiger partial charge on any atom is -0.314 e. The van der Waals surface area contributed by atoms with Crippen LogP contribution in [0.2, 0.25) is 0 Å². The Kier molecular flexibility index (Phi) is 5.34. The van der Waals surface area contributed by atoms with Crippen LogP contribution in [0.4, 0.5) is 0 Å². The first kappa shape index (κ1) is 15.2. The van der Waals surface area contributed by atoms with Gasteiger partial charge in [-0.2, -0.15) is 5.10 Å². The molecule has 1 aromatic rings. The number of aromatic nitrogens is 2. The fraction of sp³-hybridized carbons (Fsp3) is 0.750. The van der Waals surface area contributed by atoms with Gasteiger partial charge in [0.15, 0.2) is 0 Å². The van der Waals surface area contributed by atoms with Gasteiger partial charge in [0.2, 0.25) is 0 Å². The lowest BCUT2D eigenvalue weighted by atomic mass is 10.1. The summed E-state index contributed by atoms with van der Waals surface area (Å²) in [5.74, 6) is 0.185. The summed E-state index contributed by atoms with van der Waals surface area (Å²) in [7, 11) is -2.87. The van der Waals surface area contributed by atoms with Crippen LogP contribution in [0.15, 0.2) is 0 Å². The van der Waals surface area contributed by atoms with Crippen molar-refractivity contribution >= 4 is 9.84 Å². The maximum atomic E-state index is 10.9. The Morgan fingerprint density at radius 2 is 1.94 bits per heavy atom. The lowest BCUT2D eigenvalue weighted by Crippen LogP contribution is -2.26. The highest BCUT2D eigenvalue weighted by Gasteiger charge is 2.08. The van der Waals surface area contributed by atoms with Gasteiger partial charge in [-0.1, -0.05) is 6.92 Å². The molecule has 0 saturated heterocycles. The molecule has 0 amide bonds. The maximum Gasteiger partial charge on any atom is 0.148 e. The summed E-state index contributed by atoms with van der Waals surface area (Å²) in [5.41, 5.74) is 3.61. The van der Waals surface area contributed by atoms with Crippen LogP contribution in [0.3, 0.4) is 0 Å². The molecule has 1 rings (SSSR count). The van der Waals surface area contributed by atoms with Crippen molar-refractivity contribution in [1.29, 1.82) is 0 Å². The van der Waals surface area contributed by atoms with Crippen LogP contribution in [0.25, 0.3) is 0 Å². The molecule has 6 heteroatoms. The van der Waals surface area contributed by atoms with Gasteiger partial charge in [-0.05, 0) is 25.8 Å². The van der Waals surface area contributed by atoms with Gasteiger partial charge < -0.3 is 5.32 Å². The summed E-state index contributed by atoms with van der Waals surface area (Å²) in [4.78, 5) is 0. The fourth-order valence-electron chi connectivity index (χ4n) is 2.03. The largest absolute Gasteiger partial charge is 0.314 e. The van der Waals surface area contributed by atoms with Gasteiger partial charge in [0.25, 0.3) is 0 Å². The second kappa shape index (κ2) is 6.33. The molecule has 1 heterocycles. The number of nitrogens with zero attached hydrogens (tertiary/aromatic N) is 2. The van der Waals surface area contributed by atoms with Crippen LogP contribution in [0.1, 0.15) is 23.9 Å². The molecule has 0 radical (unpaired) electrons. The van der Waals surface area contributed by atoms with E-state index in [0.717, 1.165) is 25.2 Å². The molecule has 0 aliphatic heterocycles. The van der Waals surface area contributed by atoms with Gasteiger partial charge in [0, 0.05) is 25.0 Å². The molecule has 0 fully saturated rings. The first-order chi connectivity index (χ1) is 8.35. The highest BCUT2D eigenvalue weighted by atomic mass is 32.2. The SMILES string of the molecule is CCc1c(C)nn(CCNCCS(C)(=O)=O)c1C. The quantitative estimate of drug-likeness (QED) is 0.743. The molecule has 0 bridgehead atoms. The average molecular weight is 273 g/mol. The van der Waals surface area contributed by atoms with Crippen LogP contribution >= 0.6 is 0 Å². The van der Waals surface area contributed by atoms with Crippen LogP contribution < -0.4 is 5.32 Å². The van der Waals surface area contributed by atoms with Crippen molar-refractivity contribution in [3.63, 3.8) is 0 Å². The number of nitrogens with one attached hydrogen (secondary N) is 1. The number of hydrogen-bond acceptors (Lipinski definition) is 4. The van der Waals surface area contributed by atoms with Crippen molar-refractivity contribution in [3.8, 4) is 0 Å². The molecule has 0 spiro atoms. The van der Waals surface area contributed by atoms with Gasteiger partial charge >= 0.3 is 0 Å². The summed E-state index contributed by atoms with van der Waals surface area (Å²) in [6, 6.07) is 0. The van der Waals surface area contributed by atoms with E-state index < -0.39 is 9.84 Å². The van der Waals surface area contributed by atoms with E-state index in [0.29, 0.717) is 6.54 Å². The Labute approximate surface area is 109 Å². The molecule has 1 N–H and O–H groups in total. The normalized spacial score (nSPS) is 12.0. The Bertz CT molecular complexity index is 492. The average Bonchev–Trinajstić information content (AvgIpc) is 2.52. The van der Waals surface area contributed by atoms with Crippen molar-refractivity contribution in [2.75, 3.05) is 25.1 Å². The van der Waals surface area contributed by atoms with E-state index >= 15 is 0 Å². The van der Waals surface area contributed by atoms with E-state index in [2.05, 4.69) is 24.3 Å². The second-order valence-corrected chi connectivity index (χ2v) is 6.87. The molecule has 5 nitrogen and oxygen atoms in total. The van der Waals surface area contributed by atoms with E-state index in [4.69, 9.17) is 0 Å².